The van der Waals surface area contributed by atoms with Gasteiger partial charge in [-0.3, -0.25) is 0 Å². The number of hydrogen-bond donors (Lipinski definition) is 0. The molecule has 86 valence electrons. The van der Waals surface area contributed by atoms with Gasteiger partial charge in [-0.2, -0.15) is 0 Å². The highest BCUT2D eigenvalue weighted by atomic mass is 16.1. The van der Waals surface area contributed by atoms with E-state index < -0.39 is 0 Å². The summed E-state index contributed by atoms with van der Waals surface area (Å²) in [4.78, 5) is 10.0. The minimum absolute atomic E-state index is 0.663. The smallest absolute Gasteiger partial charge is 0.120 e. The minimum Gasteiger partial charge on any atom is -0.303 e. The molecule has 0 aromatic heterocycles. The van der Waals surface area contributed by atoms with Gasteiger partial charge in [-0.05, 0) is 38.5 Å². The fourth-order valence-corrected chi connectivity index (χ4v) is 1.33. The Bertz CT molecular complexity index is 180. The average molecular weight is 208 g/mol. The Morgan fingerprint density at radius 2 is 1.27 bits per heavy atom. The second kappa shape index (κ2) is 13.2. The van der Waals surface area contributed by atoms with Crippen LogP contribution in [0.1, 0.15) is 58.3 Å². The molecule has 0 saturated carbocycles. The largest absolute Gasteiger partial charge is 0.303 e. The van der Waals surface area contributed by atoms with Crippen molar-refractivity contribution in [1.29, 1.82) is 0 Å². The van der Waals surface area contributed by atoms with Gasteiger partial charge in [0.25, 0.3) is 0 Å². The molecule has 1 heteroatoms. The van der Waals surface area contributed by atoms with Gasteiger partial charge in [0.15, 0.2) is 0 Å². The molecular formula is C14H24O. The lowest BCUT2D eigenvalue weighted by Gasteiger charge is -1.93. The molecule has 0 spiro atoms. The van der Waals surface area contributed by atoms with Gasteiger partial charge in [-0.1, -0.05) is 37.6 Å². The molecule has 0 amide bonds. The van der Waals surface area contributed by atoms with Crippen LogP contribution in [0.4, 0.5) is 0 Å². The molecule has 1 nitrogen and oxygen atoms in total. The van der Waals surface area contributed by atoms with Gasteiger partial charge in [0.1, 0.15) is 6.29 Å². The number of rotatable bonds is 10. The predicted molar refractivity (Wildman–Crippen MR) is 67.0 cm³/mol. The Morgan fingerprint density at radius 3 is 1.80 bits per heavy atom. The standard InChI is InChI=1S/C14H24O/c1-2-3-4-5-6-7-8-9-10-11-12-13-14-15/h4-5,10-11,14H,2-3,6-9,12-13H2,1H3/b5-4-,11-10+. The summed E-state index contributed by atoms with van der Waals surface area (Å²) >= 11 is 0. The number of hydrogen-bond acceptors (Lipinski definition) is 1. The van der Waals surface area contributed by atoms with Gasteiger partial charge < -0.3 is 4.79 Å². The minimum atomic E-state index is 0.663. The van der Waals surface area contributed by atoms with Crippen molar-refractivity contribution in [3.8, 4) is 0 Å². The molecule has 0 unspecified atom stereocenters. The summed E-state index contributed by atoms with van der Waals surface area (Å²) in [5.74, 6) is 0. The highest BCUT2D eigenvalue weighted by Gasteiger charge is 1.84. The van der Waals surface area contributed by atoms with Crippen molar-refractivity contribution in [2.24, 2.45) is 0 Å². The van der Waals surface area contributed by atoms with Crippen LogP contribution in [0.5, 0.6) is 0 Å². The van der Waals surface area contributed by atoms with Gasteiger partial charge >= 0.3 is 0 Å². The van der Waals surface area contributed by atoms with Crippen molar-refractivity contribution in [2.45, 2.75) is 58.3 Å². The third-order valence-electron chi connectivity index (χ3n) is 2.23. The first-order chi connectivity index (χ1) is 7.41. The van der Waals surface area contributed by atoms with Crippen molar-refractivity contribution in [3.63, 3.8) is 0 Å². The Hall–Kier alpha value is -0.850. The molecule has 0 radical (unpaired) electrons. The van der Waals surface area contributed by atoms with E-state index in [1.807, 2.05) is 0 Å². The molecule has 0 aliphatic heterocycles. The molecule has 0 saturated heterocycles. The first kappa shape index (κ1) is 14.2. The molecule has 0 atom stereocenters. The van der Waals surface area contributed by atoms with Gasteiger partial charge in [0, 0.05) is 6.42 Å². The third-order valence-corrected chi connectivity index (χ3v) is 2.23. The summed E-state index contributed by atoms with van der Waals surface area (Å²) < 4.78 is 0. The van der Waals surface area contributed by atoms with Crippen LogP contribution in [-0.4, -0.2) is 6.29 Å². The molecule has 0 bridgehead atoms. The molecule has 0 fully saturated rings. The summed E-state index contributed by atoms with van der Waals surface area (Å²) in [5, 5.41) is 0. The average Bonchev–Trinajstić information content (AvgIpc) is 2.26. The molecular weight excluding hydrogens is 184 g/mol. The highest BCUT2D eigenvalue weighted by Crippen LogP contribution is 2.03. The quantitative estimate of drug-likeness (QED) is 0.295. The first-order valence-corrected chi connectivity index (χ1v) is 6.15. The van der Waals surface area contributed by atoms with Crippen LogP contribution in [0.15, 0.2) is 24.3 Å². The zero-order valence-electron chi connectivity index (χ0n) is 9.95. The van der Waals surface area contributed by atoms with Crippen molar-refractivity contribution < 1.29 is 4.79 Å². The van der Waals surface area contributed by atoms with Crippen LogP contribution < -0.4 is 0 Å². The normalized spacial score (nSPS) is 11.5. The van der Waals surface area contributed by atoms with Gasteiger partial charge in [-0.25, -0.2) is 0 Å². The maximum atomic E-state index is 10.0. The molecule has 0 heterocycles. The van der Waals surface area contributed by atoms with E-state index in [0.717, 1.165) is 19.1 Å². The van der Waals surface area contributed by atoms with E-state index in [1.165, 1.54) is 32.1 Å². The summed E-state index contributed by atoms with van der Waals surface area (Å²) in [6.07, 6.45) is 18.8. The Morgan fingerprint density at radius 1 is 0.733 bits per heavy atom. The molecule has 15 heavy (non-hydrogen) atoms. The number of aldehydes is 1. The van der Waals surface area contributed by atoms with E-state index in [4.69, 9.17) is 0 Å². The van der Waals surface area contributed by atoms with E-state index in [1.54, 1.807) is 0 Å². The Kier molecular flexibility index (Phi) is 12.4. The lowest BCUT2D eigenvalue weighted by molar-refractivity contribution is -0.107. The summed E-state index contributed by atoms with van der Waals surface area (Å²) in [7, 11) is 0. The van der Waals surface area contributed by atoms with Crippen molar-refractivity contribution >= 4 is 6.29 Å². The monoisotopic (exact) mass is 208 g/mol. The maximum absolute atomic E-state index is 10.0. The molecule has 0 aliphatic rings. The second-order valence-electron chi connectivity index (χ2n) is 3.76. The molecule has 0 N–H and O–H groups in total. The molecule has 0 aromatic carbocycles. The highest BCUT2D eigenvalue weighted by molar-refractivity contribution is 5.49. The van der Waals surface area contributed by atoms with Gasteiger partial charge in [-0.15, -0.1) is 0 Å². The van der Waals surface area contributed by atoms with Crippen LogP contribution >= 0.6 is 0 Å². The van der Waals surface area contributed by atoms with Crippen LogP contribution in [0.3, 0.4) is 0 Å². The topological polar surface area (TPSA) is 17.1 Å². The predicted octanol–water partition coefficient (Wildman–Crippen LogP) is 4.44. The SMILES string of the molecule is CCC/C=C\CCCC/C=C/CCC=O. The second-order valence-corrected chi connectivity index (χ2v) is 3.76. The zero-order valence-corrected chi connectivity index (χ0v) is 9.95. The maximum Gasteiger partial charge on any atom is 0.120 e. The van der Waals surface area contributed by atoms with Gasteiger partial charge in [0.2, 0.25) is 0 Å². The lowest BCUT2D eigenvalue weighted by atomic mass is 10.1. The molecule has 0 rings (SSSR count). The van der Waals surface area contributed by atoms with Crippen LogP contribution in [0.2, 0.25) is 0 Å². The first-order valence-electron chi connectivity index (χ1n) is 6.15. The fraction of sp³-hybridized carbons (Fsp3) is 0.643. The van der Waals surface area contributed by atoms with Crippen molar-refractivity contribution in [2.75, 3.05) is 0 Å². The molecule has 0 aromatic rings. The van der Waals surface area contributed by atoms with E-state index >= 15 is 0 Å². The van der Waals surface area contributed by atoms with E-state index in [-0.39, 0.29) is 0 Å². The lowest BCUT2D eigenvalue weighted by Crippen LogP contribution is -1.74. The van der Waals surface area contributed by atoms with E-state index in [2.05, 4.69) is 31.2 Å². The van der Waals surface area contributed by atoms with E-state index in [9.17, 15) is 4.79 Å². The number of unbranched alkanes of at least 4 members (excludes halogenated alkanes) is 5. The third kappa shape index (κ3) is 13.2. The summed E-state index contributed by atoms with van der Waals surface area (Å²) in [6, 6.07) is 0. The summed E-state index contributed by atoms with van der Waals surface area (Å²) in [6.45, 7) is 2.20. The summed E-state index contributed by atoms with van der Waals surface area (Å²) in [5.41, 5.74) is 0. The number of carbonyl (C=O) groups is 1. The Labute approximate surface area is 94.3 Å². The van der Waals surface area contributed by atoms with Crippen LogP contribution in [0, 0.1) is 0 Å². The number of allylic oxidation sites excluding steroid dienone is 4. The number of carbonyl (C=O) groups excluding carboxylic acids is 1. The van der Waals surface area contributed by atoms with E-state index in [0.29, 0.717) is 6.42 Å². The van der Waals surface area contributed by atoms with Crippen LogP contribution in [0.25, 0.3) is 0 Å². The zero-order chi connectivity index (χ0) is 11.2. The molecule has 0 aliphatic carbocycles. The fourth-order valence-electron chi connectivity index (χ4n) is 1.33. The Balaban J connectivity index is 3.10. The van der Waals surface area contributed by atoms with Gasteiger partial charge in [0.05, 0.1) is 0 Å². The van der Waals surface area contributed by atoms with Crippen LogP contribution in [-0.2, 0) is 4.79 Å². The van der Waals surface area contributed by atoms with Crippen molar-refractivity contribution in [3.05, 3.63) is 24.3 Å². The van der Waals surface area contributed by atoms with Crippen molar-refractivity contribution in [1.82, 2.24) is 0 Å².